The molecule has 1 amide bonds. The Balaban J connectivity index is 1.80. The molecular weight excluding hydrogens is 260 g/mol. The van der Waals surface area contributed by atoms with Gasteiger partial charge in [-0.3, -0.25) is 4.79 Å². The Kier molecular flexibility index (Phi) is 3.70. The Hall–Kier alpha value is -2.60. The van der Waals surface area contributed by atoms with Crippen LogP contribution in [0.3, 0.4) is 0 Å². The molecule has 1 fully saturated rings. The first-order valence-electron chi connectivity index (χ1n) is 7.14. The number of nitrogens with zero attached hydrogens (tertiary/aromatic N) is 2. The fourth-order valence-corrected chi connectivity index (χ4v) is 2.87. The van der Waals surface area contributed by atoms with Gasteiger partial charge in [-0.15, -0.1) is 0 Å². The maximum Gasteiger partial charge on any atom is 0.227 e. The van der Waals surface area contributed by atoms with Gasteiger partial charge in [0.25, 0.3) is 0 Å². The molecule has 104 valence electrons. The highest BCUT2D eigenvalue weighted by atomic mass is 16.2. The van der Waals surface area contributed by atoms with Crippen LogP contribution in [0.15, 0.2) is 54.6 Å². The number of benzene rings is 2. The summed E-state index contributed by atoms with van der Waals surface area (Å²) in [5, 5.41) is 8.84. The van der Waals surface area contributed by atoms with E-state index in [-0.39, 0.29) is 11.9 Å². The molecule has 0 spiro atoms. The maximum atomic E-state index is 12.2. The van der Waals surface area contributed by atoms with Gasteiger partial charge in [0.15, 0.2) is 0 Å². The fraction of sp³-hybridized carbons (Fsp3) is 0.222. The molecule has 1 heterocycles. The zero-order valence-electron chi connectivity index (χ0n) is 11.7. The normalized spacial score (nSPS) is 17.8. The van der Waals surface area contributed by atoms with E-state index in [0.29, 0.717) is 12.0 Å². The number of rotatable bonds is 3. The quantitative estimate of drug-likeness (QED) is 0.863. The van der Waals surface area contributed by atoms with E-state index in [1.54, 1.807) is 0 Å². The molecule has 3 heteroatoms. The van der Waals surface area contributed by atoms with Gasteiger partial charge in [-0.25, -0.2) is 0 Å². The number of nitriles is 1. The highest BCUT2D eigenvalue weighted by Crippen LogP contribution is 2.28. The van der Waals surface area contributed by atoms with E-state index in [1.165, 1.54) is 0 Å². The van der Waals surface area contributed by atoms with Crippen LogP contribution >= 0.6 is 0 Å². The summed E-state index contributed by atoms with van der Waals surface area (Å²) in [7, 11) is 0. The molecule has 21 heavy (non-hydrogen) atoms. The highest BCUT2D eigenvalue weighted by molar-refractivity contribution is 5.96. The lowest BCUT2D eigenvalue weighted by Crippen LogP contribution is -2.34. The fourth-order valence-electron chi connectivity index (χ4n) is 2.87. The summed E-state index contributed by atoms with van der Waals surface area (Å²) in [6.45, 7) is 0. The summed E-state index contributed by atoms with van der Waals surface area (Å²) in [6.07, 6.45) is 2.32. The van der Waals surface area contributed by atoms with Crippen molar-refractivity contribution in [3.05, 3.63) is 65.7 Å². The van der Waals surface area contributed by atoms with E-state index in [1.807, 2.05) is 59.5 Å². The monoisotopic (exact) mass is 276 g/mol. The Bertz CT molecular complexity index is 671. The molecule has 0 bridgehead atoms. The van der Waals surface area contributed by atoms with Gasteiger partial charge >= 0.3 is 0 Å². The third kappa shape index (κ3) is 2.80. The molecule has 2 aromatic rings. The molecule has 1 saturated heterocycles. The average Bonchev–Trinajstić information content (AvgIpc) is 2.89. The van der Waals surface area contributed by atoms with Crippen molar-refractivity contribution in [3.8, 4) is 6.07 Å². The van der Waals surface area contributed by atoms with Gasteiger partial charge in [-0.1, -0.05) is 30.3 Å². The van der Waals surface area contributed by atoms with Gasteiger partial charge < -0.3 is 4.90 Å². The Morgan fingerprint density at radius 1 is 1.10 bits per heavy atom. The topological polar surface area (TPSA) is 44.1 Å². The summed E-state index contributed by atoms with van der Waals surface area (Å²) >= 11 is 0. The molecule has 0 N–H and O–H groups in total. The summed E-state index contributed by atoms with van der Waals surface area (Å²) in [4.78, 5) is 14.1. The molecule has 3 rings (SSSR count). The molecule has 1 aliphatic heterocycles. The predicted octanol–water partition coefficient (Wildman–Crippen LogP) is 3.30. The van der Waals surface area contributed by atoms with E-state index in [4.69, 9.17) is 5.26 Å². The number of carbonyl (C=O) groups is 1. The summed E-state index contributed by atoms with van der Waals surface area (Å²) < 4.78 is 0. The van der Waals surface area contributed by atoms with Crippen LogP contribution in [0, 0.1) is 11.3 Å². The highest BCUT2D eigenvalue weighted by Gasteiger charge is 2.31. The van der Waals surface area contributed by atoms with Crippen LogP contribution in [0.4, 0.5) is 5.69 Å². The summed E-state index contributed by atoms with van der Waals surface area (Å²) in [6, 6.07) is 19.8. The second-order valence-electron chi connectivity index (χ2n) is 5.30. The van der Waals surface area contributed by atoms with Gasteiger partial charge in [-0.05, 0) is 42.7 Å². The van der Waals surface area contributed by atoms with Crippen molar-refractivity contribution in [2.45, 2.75) is 25.3 Å². The number of para-hydroxylation sites is 1. The van der Waals surface area contributed by atoms with Gasteiger partial charge in [0.05, 0.1) is 11.6 Å². The lowest BCUT2D eigenvalue weighted by Gasteiger charge is -2.25. The molecular formula is C18H16N2O. The largest absolute Gasteiger partial charge is 0.309 e. The lowest BCUT2D eigenvalue weighted by molar-refractivity contribution is -0.117. The molecule has 1 aliphatic rings. The Morgan fingerprint density at radius 2 is 1.81 bits per heavy atom. The van der Waals surface area contributed by atoms with Gasteiger partial charge in [-0.2, -0.15) is 5.26 Å². The van der Waals surface area contributed by atoms with Crippen LogP contribution in [-0.4, -0.2) is 11.9 Å². The first-order chi connectivity index (χ1) is 10.3. The van der Waals surface area contributed by atoms with Crippen molar-refractivity contribution < 1.29 is 4.79 Å². The van der Waals surface area contributed by atoms with Crippen LogP contribution in [0.2, 0.25) is 0 Å². The van der Waals surface area contributed by atoms with Crippen molar-refractivity contribution in [2.75, 3.05) is 4.90 Å². The number of hydrogen-bond donors (Lipinski definition) is 0. The van der Waals surface area contributed by atoms with Crippen molar-refractivity contribution in [3.63, 3.8) is 0 Å². The molecule has 1 unspecified atom stereocenters. The Labute approximate surface area is 124 Å². The van der Waals surface area contributed by atoms with Crippen LogP contribution in [0.25, 0.3) is 0 Å². The van der Waals surface area contributed by atoms with Crippen molar-refractivity contribution in [1.29, 1.82) is 5.26 Å². The van der Waals surface area contributed by atoms with Gasteiger partial charge in [0.2, 0.25) is 5.91 Å². The molecule has 0 aromatic heterocycles. The average molecular weight is 276 g/mol. The minimum Gasteiger partial charge on any atom is -0.309 e. The Morgan fingerprint density at radius 3 is 2.48 bits per heavy atom. The SMILES string of the molecule is N#Cc1ccc(CC2CCC(=O)N2c2ccccc2)cc1. The first-order valence-corrected chi connectivity index (χ1v) is 7.14. The molecule has 1 atom stereocenters. The van der Waals surface area contributed by atoms with Crippen molar-refractivity contribution in [1.82, 2.24) is 0 Å². The number of amides is 1. The molecule has 0 radical (unpaired) electrons. The molecule has 0 saturated carbocycles. The second-order valence-corrected chi connectivity index (χ2v) is 5.30. The van der Waals surface area contributed by atoms with Gasteiger partial charge in [0.1, 0.15) is 0 Å². The van der Waals surface area contributed by atoms with Crippen molar-refractivity contribution in [2.24, 2.45) is 0 Å². The van der Waals surface area contributed by atoms with Crippen LogP contribution in [0.5, 0.6) is 0 Å². The minimum absolute atomic E-state index is 0.194. The van der Waals surface area contributed by atoms with E-state index < -0.39 is 0 Å². The van der Waals surface area contributed by atoms with E-state index in [2.05, 4.69) is 6.07 Å². The zero-order valence-corrected chi connectivity index (χ0v) is 11.7. The third-order valence-corrected chi connectivity index (χ3v) is 3.91. The van der Waals surface area contributed by atoms with E-state index in [9.17, 15) is 4.79 Å². The first kappa shape index (κ1) is 13.4. The van der Waals surface area contributed by atoms with E-state index >= 15 is 0 Å². The van der Waals surface area contributed by atoms with Gasteiger partial charge in [0, 0.05) is 18.2 Å². The van der Waals surface area contributed by atoms with Crippen LogP contribution in [0.1, 0.15) is 24.0 Å². The van der Waals surface area contributed by atoms with Crippen LogP contribution in [-0.2, 0) is 11.2 Å². The third-order valence-electron chi connectivity index (χ3n) is 3.91. The molecule has 2 aromatic carbocycles. The smallest absolute Gasteiger partial charge is 0.227 e. The number of hydrogen-bond acceptors (Lipinski definition) is 2. The van der Waals surface area contributed by atoms with Crippen LogP contribution < -0.4 is 4.90 Å². The summed E-state index contributed by atoms with van der Waals surface area (Å²) in [5.41, 5.74) is 2.80. The molecule has 3 nitrogen and oxygen atoms in total. The molecule has 0 aliphatic carbocycles. The number of anilines is 1. The summed E-state index contributed by atoms with van der Waals surface area (Å²) in [5.74, 6) is 0.194. The van der Waals surface area contributed by atoms with E-state index in [0.717, 1.165) is 24.1 Å². The predicted molar refractivity (Wildman–Crippen MR) is 81.8 cm³/mol. The standard InChI is InChI=1S/C18H16N2O/c19-13-15-8-6-14(7-9-15)12-17-10-11-18(21)20(17)16-4-2-1-3-5-16/h1-9,17H,10-12H2. The lowest BCUT2D eigenvalue weighted by atomic mass is 10.0. The maximum absolute atomic E-state index is 12.2. The zero-order chi connectivity index (χ0) is 14.7. The number of carbonyl (C=O) groups excluding carboxylic acids is 1. The van der Waals surface area contributed by atoms with Crippen molar-refractivity contribution >= 4 is 11.6 Å². The minimum atomic E-state index is 0.194. The second kappa shape index (κ2) is 5.80.